The van der Waals surface area contributed by atoms with E-state index in [-0.39, 0.29) is 52.6 Å². The summed E-state index contributed by atoms with van der Waals surface area (Å²) in [6.45, 7) is 50.4. The van der Waals surface area contributed by atoms with Crippen LogP contribution in [0.5, 0.6) is 23.0 Å². The zero-order valence-electron chi connectivity index (χ0n) is 65.0. The molecule has 2 heterocycles. The van der Waals surface area contributed by atoms with Crippen LogP contribution in [0.25, 0.3) is 0 Å². The third kappa shape index (κ3) is 25.8. The van der Waals surface area contributed by atoms with Crippen molar-refractivity contribution in [1.29, 1.82) is 0 Å². The minimum atomic E-state index is -0.181. The second-order valence-electron chi connectivity index (χ2n) is 32.7. The molecule has 2 saturated carbocycles. The second-order valence-corrected chi connectivity index (χ2v) is 55.6. The van der Waals surface area contributed by atoms with Crippen LogP contribution in [0.3, 0.4) is 0 Å². The minimum Gasteiger partial charge on any atom is -0.199 e. The standard InChI is InChI=1S/2C32H48O2S2.4C7H7.2Ti/c2*1-21-15-25(31(3,4)5)17-23(29(21)33)19-35-27-13-11-9-10-12-14-28(27)36-20-24-18-26(32(6,7)8)16-22(2)30(24)34;4*1-7-5-3-2-4-6-7;;/h2*15-18,27-28,33-34H,9-14,19-20H2,1-8H3;4*2-6H,1H2;;/q;;4*-1;;. The molecular formula is C92H124O4S4Ti2-4. The maximum absolute atomic E-state index is 11.1. The number of phenols is 4. The number of rotatable bonds is 8. The van der Waals surface area contributed by atoms with Crippen molar-refractivity contribution in [1.82, 2.24) is 0 Å². The largest absolute Gasteiger partial charge is 0.199 e. The average molecular weight is 1520 g/mol. The quantitative estimate of drug-likeness (QED) is 0.0903. The Bertz CT molecular complexity index is 3630. The molecule has 2 aliphatic heterocycles. The van der Waals surface area contributed by atoms with E-state index in [2.05, 4.69) is 187 Å². The topological polar surface area (TPSA) is 80.9 Å². The van der Waals surface area contributed by atoms with Crippen molar-refractivity contribution in [2.75, 3.05) is 0 Å². The van der Waals surface area contributed by atoms with Crippen molar-refractivity contribution >= 4 is 31.9 Å². The minimum absolute atomic E-state index is 0.0861. The molecule has 2 fully saturated rings. The Morgan fingerprint density at radius 2 is 0.471 bits per heavy atom. The molecular weight excluding hydrogens is 1390 g/mol. The smallest absolute Gasteiger partial charge is 0.0866 e. The van der Waals surface area contributed by atoms with Crippen molar-refractivity contribution in [2.45, 2.75) is 254 Å². The monoisotopic (exact) mass is 1520 g/mol. The molecule has 0 radical (unpaired) electrons. The Morgan fingerprint density at radius 3 is 0.618 bits per heavy atom. The van der Waals surface area contributed by atoms with Gasteiger partial charge in [-0.05, 0) is 0 Å². The molecule has 0 amide bonds. The maximum atomic E-state index is 11.1. The zero-order valence-corrected chi connectivity index (χ0v) is 71.4. The Labute approximate surface area is 640 Å². The molecule has 4 N–H and O–H groups in total. The van der Waals surface area contributed by atoms with E-state index in [0.29, 0.717) is 54.9 Å². The Kier molecular flexibility index (Phi) is 32.5. The van der Waals surface area contributed by atoms with Gasteiger partial charge in [0.1, 0.15) is 0 Å². The van der Waals surface area contributed by atoms with Crippen LogP contribution >= 0.6 is 31.9 Å². The third-order valence-corrected chi connectivity index (χ3v) is 51.6. The van der Waals surface area contributed by atoms with Crippen molar-refractivity contribution in [3.05, 3.63) is 287 Å². The maximum Gasteiger partial charge on any atom is -0.0866 e. The van der Waals surface area contributed by atoms with E-state index < -0.39 is 0 Å². The van der Waals surface area contributed by atoms with Crippen molar-refractivity contribution in [3.63, 3.8) is 0 Å². The van der Waals surface area contributed by atoms with E-state index in [1.165, 1.54) is 122 Å². The fraction of sp³-hybridized carbons (Fsp3) is 0.435. The van der Waals surface area contributed by atoms with Gasteiger partial charge in [-0.3, -0.25) is 0 Å². The molecule has 4 nitrogen and oxygen atoms in total. The molecule has 0 saturated heterocycles. The molecule has 4 aliphatic rings. The number of benzene rings is 8. The number of phenolic OH excluding ortho intramolecular Hbond substituents is 4. The number of aryl methyl sites for hydroxylation is 4. The summed E-state index contributed by atoms with van der Waals surface area (Å²) in [5.74, 6) is 6.39. The van der Waals surface area contributed by atoms with Crippen molar-refractivity contribution in [2.24, 2.45) is 0 Å². The molecule has 8 aromatic carbocycles. The first-order valence-electron chi connectivity index (χ1n) is 37.2. The van der Waals surface area contributed by atoms with E-state index >= 15 is 0 Å². The van der Waals surface area contributed by atoms with Gasteiger partial charge in [-0.25, -0.2) is 0 Å². The SMILES string of the molecule is Cc1cc(C(C)(C)C)cc(C[S]2=[Ti]=[S](Cc3cc(C(C)(C)C)cc(C)c3O)C3CCCCCCC32)c1O.Cc1cc(C(C)(C)C)cc(C[S]2=[Ti]=[S](Cc3cc(C(C)(C)C)cc(C)c3O)C3CCCCCCC32)c1O.[CH2-]c1ccccc1.[CH2-]c1ccccc1.[CH2-]c1ccccc1.[CH2-]c1ccccc1. The van der Waals surface area contributed by atoms with Gasteiger partial charge in [-0.1, -0.05) is 24.3 Å². The molecule has 552 valence electrons. The van der Waals surface area contributed by atoms with Gasteiger partial charge in [-0.2, -0.15) is 98.5 Å². The van der Waals surface area contributed by atoms with Crippen LogP contribution in [0.4, 0.5) is 0 Å². The molecule has 8 atom stereocenters. The van der Waals surface area contributed by atoms with Crippen LogP contribution in [0.2, 0.25) is 0 Å². The second kappa shape index (κ2) is 39.2. The number of aromatic hydroxyl groups is 4. The first-order chi connectivity index (χ1) is 48.1. The van der Waals surface area contributed by atoms with Crippen molar-refractivity contribution in [3.8, 4) is 23.0 Å². The normalized spacial score (nSPS) is 20.2. The molecule has 0 spiro atoms. The van der Waals surface area contributed by atoms with Gasteiger partial charge in [-0.15, -0.1) is 48.5 Å². The van der Waals surface area contributed by atoms with Crippen LogP contribution in [-0.2, 0) is 75.6 Å². The fourth-order valence-corrected chi connectivity index (χ4v) is 55.0. The number of fused-ring (bicyclic) bond motifs is 2. The molecule has 8 aromatic rings. The van der Waals surface area contributed by atoms with Gasteiger partial charge < -0.3 is 0 Å². The van der Waals surface area contributed by atoms with Gasteiger partial charge in [0.05, 0.1) is 0 Å². The van der Waals surface area contributed by atoms with E-state index in [1.807, 2.05) is 121 Å². The predicted molar refractivity (Wildman–Crippen MR) is 446 cm³/mol. The molecule has 8 unspecified atom stereocenters. The summed E-state index contributed by atoms with van der Waals surface area (Å²) in [6.07, 6.45) is 16.5. The molecule has 2 aliphatic carbocycles. The van der Waals surface area contributed by atoms with Crippen LogP contribution in [-0.4, -0.2) is 41.4 Å². The summed E-state index contributed by atoms with van der Waals surface area (Å²) in [7, 11) is 1.56. The Balaban J connectivity index is 0.000000206. The Morgan fingerprint density at radius 1 is 0.294 bits per heavy atom. The fourth-order valence-electron chi connectivity index (χ4n) is 13.4. The molecule has 10 heteroatoms. The van der Waals surface area contributed by atoms with Crippen LogP contribution in [0.15, 0.2) is 170 Å². The number of hydrogen-bond acceptors (Lipinski definition) is 4. The molecule has 0 aromatic heterocycles. The molecule has 102 heavy (non-hydrogen) atoms. The van der Waals surface area contributed by atoms with Gasteiger partial charge in [0.15, 0.2) is 0 Å². The van der Waals surface area contributed by atoms with Crippen LogP contribution < -0.4 is 0 Å². The number of hydrogen-bond donors (Lipinski definition) is 4. The van der Waals surface area contributed by atoms with Crippen molar-refractivity contribution < 1.29 is 51.3 Å². The Hall–Kier alpha value is -4.73. The van der Waals surface area contributed by atoms with Crippen LogP contribution in [0.1, 0.15) is 249 Å². The molecule has 12 rings (SSSR count). The van der Waals surface area contributed by atoms with Gasteiger partial charge >= 0.3 is 475 Å². The van der Waals surface area contributed by atoms with Gasteiger partial charge in [0, 0.05) is 0 Å². The van der Waals surface area contributed by atoms with Crippen LogP contribution in [0, 0.1) is 55.4 Å². The summed E-state index contributed by atoms with van der Waals surface area (Å²) in [5, 5.41) is 47.7. The summed E-state index contributed by atoms with van der Waals surface area (Å²) in [6, 6.07) is 57.5. The van der Waals surface area contributed by atoms with E-state index in [9.17, 15) is 20.4 Å². The summed E-state index contributed by atoms with van der Waals surface area (Å²) in [5.41, 5.74) is 18.9. The van der Waals surface area contributed by atoms with E-state index in [1.54, 1.807) is 0 Å². The molecule has 0 bridgehead atoms. The van der Waals surface area contributed by atoms with E-state index in [4.69, 9.17) is 0 Å². The summed E-state index contributed by atoms with van der Waals surface area (Å²) >= 11 is -0.361. The van der Waals surface area contributed by atoms with Gasteiger partial charge in [0.25, 0.3) is 0 Å². The first kappa shape index (κ1) is 84.5. The summed E-state index contributed by atoms with van der Waals surface area (Å²) in [4.78, 5) is 0. The predicted octanol–water partition coefficient (Wildman–Crippen LogP) is 26.6. The van der Waals surface area contributed by atoms with E-state index in [0.717, 1.165) is 88.5 Å². The van der Waals surface area contributed by atoms with Gasteiger partial charge in [0.2, 0.25) is 0 Å². The third-order valence-electron chi connectivity index (χ3n) is 19.8. The zero-order chi connectivity index (χ0) is 74.7. The summed E-state index contributed by atoms with van der Waals surface area (Å²) < 4.78 is 0. The average Bonchev–Trinajstić information content (AvgIpc) is 1.69. The first-order valence-corrected chi connectivity index (χ1v) is 50.7.